The number of nitrogens with one attached hydrogen (secondary N) is 1. The Hall–Kier alpha value is -2.44. The van der Waals surface area contributed by atoms with Crippen LogP contribution in [0, 0.1) is 5.82 Å². The highest BCUT2D eigenvalue weighted by atomic mass is 19.1. The molecule has 2 fully saturated rings. The van der Waals surface area contributed by atoms with Crippen molar-refractivity contribution in [2.45, 2.75) is 43.9 Å². The molecule has 0 aromatic heterocycles. The molecule has 2 aliphatic rings. The number of piperidine rings is 1. The van der Waals surface area contributed by atoms with E-state index in [-0.39, 0.29) is 11.7 Å². The number of carbonyl (C=O) groups is 1. The summed E-state index contributed by atoms with van der Waals surface area (Å²) >= 11 is 0. The lowest BCUT2D eigenvalue weighted by Gasteiger charge is -2.36. The van der Waals surface area contributed by atoms with Gasteiger partial charge in [0.05, 0.1) is 12.0 Å². The van der Waals surface area contributed by atoms with Crippen LogP contribution in [0.2, 0.25) is 0 Å². The number of nitrogens with zero attached hydrogens (tertiary/aromatic N) is 1. The molecule has 0 aliphatic carbocycles. The first-order valence-electron chi connectivity index (χ1n) is 11.8. The summed E-state index contributed by atoms with van der Waals surface area (Å²) in [6.45, 7) is 5.21. The van der Waals surface area contributed by atoms with Crippen molar-refractivity contribution in [3.05, 3.63) is 59.9 Å². The fourth-order valence-electron chi connectivity index (χ4n) is 4.68. The van der Waals surface area contributed by atoms with Gasteiger partial charge in [0.1, 0.15) is 11.6 Å². The Morgan fingerprint density at radius 2 is 1.69 bits per heavy atom. The summed E-state index contributed by atoms with van der Waals surface area (Å²) in [6, 6.07) is 13.8. The smallest absolute Gasteiger partial charge is 0.235 e. The second-order valence-electron chi connectivity index (χ2n) is 8.78. The topological polar surface area (TPSA) is 50.8 Å². The first-order chi connectivity index (χ1) is 15.7. The van der Waals surface area contributed by atoms with Gasteiger partial charge in [0, 0.05) is 25.4 Å². The monoisotopic (exact) mass is 440 g/mol. The molecule has 0 spiro atoms. The maximum Gasteiger partial charge on any atom is 0.235 e. The fourth-order valence-corrected chi connectivity index (χ4v) is 4.68. The van der Waals surface area contributed by atoms with Gasteiger partial charge >= 0.3 is 0 Å². The second-order valence-corrected chi connectivity index (χ2v) is 8.78. The third-order valence-corrected chi connectivity index (χ3v) is 6.63. The number of carbonyl (C=O) groups excluding carboxylic acids is 1. The summed E-state index contributed by atoms with van der Waals surface area (Å²) in [6.07, 6.45) is 6.13. The van der Waals surface area contributed by atoms with E-state index in [0.29, 0.717) is 32.7 Å². The summed E-state index contributed by atoms with van der Waals surface area (Å²) in [4.78, 5) is 15.8. The predicted molar refractivity (Wildman–Crippen MR) is 124 cm³/mol. The lowest BCUT2D eigenvalue weighted by atomic mass is 9.73. The van der Waals surface area contributed by atoms with Crippen LogP contribution in [0.15, 0.2) is 48.5 Å². The lowest BCUT2D eigenvalue weighted by molar-refractivity contribution is -0.125. The van der Waals surface area contributed by atoms with Crippen molar-refractivity contribution >= 4 is 11.6 Å². The minimum Gasteiger partial charge on any atom is -0.494 e. The molecule has 2 aromatic rings. The van der Waals surface area contributed by atoms with Crippen molar-refractivity contribution in [3.63, 3.8) is 0 Å². The van der Waals surface area contributed by atoms with Crippen LogP contribution >= 0.6 is 0 Å². The van der Waals surface area contributed by atoms with E-state index < -0.39 is 5.41 Å². The van der Waals surface area contributed by atoms with E-state index in [1.54, 1.807) is 12.1 Å². The molecule has 0 radical (unpaired) electrons. The largest absolute Gasteiger partial charge is 0.494 e. The molecule has 172 valence electrons. The summed E-state index contributed by atoms with van der Waals surface area (Å²) in [5, 5.41) is 3.05. The van der Waals surface area contributed by atoms with Gasteiger partial charge in [-0.15, -0.1) is 0 Å². The zero-order valence-corrected chi connectivity index (χ0v) is 18.7. The van der Waals surface area contributed by atoms with Gasteiger partial charge in [0.2, 0.25) is 5.91 Å². The fraction of sp³-hybridized carbons (Fsp3) is 0.500. The van der Waals surface area contributed by atoms with Crippen molar-refractivity contribution in [1.82, 2.24) is 4.90 Å². The van der Waals surface area contributed by atoms with Crippen LogP contribution in [0.1, 0.15) is 44.1 Å². The Bertz CT molecular complexity index is 858. The molecule has 0 atom stereocenters. The molecule has 0 unspecified atom stereocenters. The van der Waals surface area contributed by atoms with Crippen LogP contribution in [0.3, 0.4) is 0 Å². The molecular formula is C26H33FN2O3. The Labute approximate surface area is 189 Å². The number of hydrogen-bond acceptors (Lipinski definition) is 4. The SMILES string of the molecule is O=C(Nc1ccc(OCCCN2CCCCC2)cc1)C1(c2ccc(F)cc2)CCOCC1. The number of amides is 1. The Morgan fingerprint density at radius 1 is 1.00 bits per heavy atom. The van der Waals surface area contributed by atoms with Crippen LogP contribution in [0.25, 0.3) is 0 Å². The molecule has 6 heteroatoms. The summed E-state index contributed by atoms with van der Waals surface area (Å²) < 4.78 is 24.8. The summed E-state index contributed by atoms with van der Waals surface area (Å²) in [5.74, 6) is 0.423. The molecule has 1 amide bonds. The standard InChI is InChI=1S/C26H33FN2O3/c27-22-7-5-21(6-8-22)26(13-19-31-20-14-26)25(30)28-23-9-11-24(12-10-23)32-18-4-17-29-15-2-1-3-16-29/h5-12H,1-4,13-20H2,(H,28,30). The number of ether oxygens (including phenoxy) is 2. The van der Waals surface area contributed by atoms with E-state index in [2.05, 4.69) is 10.2 Å². The third kappa shape index (κ3) is 5.67. The third-order valence-electron chi connectivity index (χ3n) is 6.63. The average molecular weight is 441 g/mol. The molecule has 0 saturated carbocycles. The Kier molecular flexibility index (Phi) is 7.76. The molecule has 2 aliphatic heterocycles. The molecule has 2 saturated heterocycles. The molecule has 4 rings (SSSR count). The normalized spacial score (nSPS) is 18.8. The number of halogens is 1. The first-order valence-corrected chi connectivity index (χ1v) is 11.8. The molecule has 32 heavy (non-hydrogen) atoms. The highest BCUT2D eigenvalue weighted by molar-refractivity contribution is 5.99. The molecular weight excluding hydrogens is 407 g/mol. The number of benzene rings is 2. The van der Waals surface area contributed by atoms with Crippen LogP contribution in [-0.2, 0) is 14.9 Å². The highest BCUT2D eigenvalue weighted by Crippen LogP contribution is 2.36. The van der Waals surface area contributed by atoms with Gasteiger partial charge in [0.25, 0.3) is 0 Å². The van der Waals surface area contributed by atoms with Crippen molar-refractivity contribution in [1.29, 1.82) is 0 Å². The summed E-state index contributed by atoms with van der Waals surface area (Å²) in [5.41, 5.74) is 0.840. The van der Waals surface area contributed by atoms with Gasteiger partial charge in [-0.05, 0) is 87.2 Å². The zero-order valence-electron chi connectivity index (χ0n) is 18.7. The molecule has 2 aromatic carbocycles. The van der Waals surface area contributed by atoms with Crippen molar-refractivity contribution in [3.8, 4) is 5.75 Å². The molecule has 5 nitrogen and oxygen atoms in total. The maximum absolute atomic E-state index is 13.4. The minimum absolute atomic E-state index is 0.0809. The van der Waals surface area contributed by atoms with E-state index in [4.69, 9.17) is 9.47 Å². The van der Waals surface area contributed by atoms with Gasteiger partial charge < -0.3 is 19.7 Å². The molecule has 2 heterocycles. The van der Waals surface area contributed by atoms with Gasteiger partial charge in [-0.25, -0.2) is 4.39 Å². The second kappa shape index (κ2) is 10.9. The summed E-state index contributed by atoms with van der Waals surface area (Å²) in [7, 11) is 0. The van der Waals surface area contributed by atoms with Gasteiger partial charge in [-0.3, -0.25) is 4.79 Å². The van der Waals surface area contributed by atoms with Crippen molar-refractivity contribution in [2.24, 2.45) is 0 Å². The van der Waals surface area contributed by atoms with Crippen LogP contribution in [0.4, 0.5) is 10.1 Å². The van der Waals surface area contributed by atoms with E-state index in [0.717, 1.165) is 30.0 Å². The van der Waals surface area contributed by atoms with Gasteiger partial charge in [0.15, 0.2) is 0 Å². The van der Waals surface area contributed by atoms with E-state index in [1.807, 2.05) is 24.3 Å². The lowest BCUT2D eigenvalue weighted by Crippen LogP contribution is -2.44. The number of hydrogen-bond donors (Lipinski definition) is 1. The Balaban J connectivity index is 1.32. The minimum atomic E-state index is -0.713. The van der Waals surface area contributed by atoms with Gasteiger partial charge in [-0.2, -0.15) is 0 Å². The molecule has 0 bridgehead atoms. The predicted octanol–water partition coefficient (Wildman–Crippen LogP) is 4.77. The van der Waals surface area contributed by atoms with Crippen LogP contribution in [0.5, 0.6) is 5.75 Å². The quantitative estimate of drug-likeness (QED) is 0.601. The van der Waals surface area contributed by atoms with Gasteiger partial charge in [-0.1, -0.05) is 18.6 Å². The van der Waals surface area contributed by atoms with Crippen LogP contribution in [-0.4, -0.2) is 50.3 Å². The Morgan fingerprint density at radius 3 is 2.38 bits per heavy atom. The zero-order chi connectivity index (χ0) is 22.2. The number of anilines is 1. The van der Waals surface area contributed by atoms with E-state index in [1.165, 1.54) is 44.5 Å². The van der Waals surface area contributed by atoms with E-state index in [9.17, 15) is 9.18 Å². The van der Waals surface area contributed by atoms with E-state index >= 15 is 0 Å². The highest BCUT2D eigenvalue weighted by Gasteiger charge is 2.41. The van der Waals surface area contributed by atoms with Crippen molar-refractivity contribution in [2.75, 3.05) is 44.8 Å². The first kappa shape index (κ1) is 22.7. The number of rotatable bonds is 8. The van der Waals surface area contributed by atoms with Crippen molar-refractivity contribution < 1.29 is 18.7 Å². The average Bonchev–Trinajstić information content (AvgIpc) is 2.84. The maximum atomic E-state index is 13.4. The molecule has 1 N–H and O–H groups in total. The van der Waals surface area contributed by atoms with Crippen LogP contribution < -0.4 is 10.1 Å². The number of likely N-dealkylation sites (tertiary alicyclic amines) is 1.